The van der Waals surface area contributed by atoms with Gasteiger partial charge in [0.2, 0.25) is 5.89 Å². The van der Waals surface area contributed by atoms with Gasteiger partial charge in [0.25, 0.3) is 0 Å². The molecule has 0 radical (unpaired) electrons. The fourth-order valence-electron chi connectivity index (χ4n) is 1.50. The number of aryl methyl sites for hydroxylation is 1. The number of nitrogens with one attached hydrogen (secondary N) is 1. The molecule has 0 fully saturated rings. The van der Waals surface area contributed by atoms with Crippen LogP contribution in [0, 0.1) is 0 Å². The van der Waals surface area contributed by atoms with Gasteiger partial charge in [-0.15, -0.1) is 0 Å². The second-order valence-electron chi connectivity index (χ2n) is 3.64. The zero-order valence-corrected chi connectivity index (χ0v) is 9.60. The molecule has 2 aromatic heterocycles. The molecule has 0 aromatic carbocycles. The normalized spacial score (nSPS) is 10.9. The molecular weight excluding hydrogens is 204 g/mol. The lowest BCUT2D eigenvalue weighted by Gasteiger charge is -1.98. The SMILES string of the molecule is CCCNCc1ncc(-c2ccnn2C)o1. The van der Waals surface area contributed by atoms with E-state index < -0.39 is 0 Å². The number of rotatable bonds is 5. The van der Waals surface area contributed by atoms with Crippen molar-refractivity contribution in [2.45, 2.75) is 19.9 Å². The van der Waals surface area contributed by atoms with Crippen LogP contribution in [0.15, 0.2) is 22.9 Å². The van der Waals surface area contributed by atoms with E-state index in [1.807, 2.05) is 13.1 Å². The van der Waals surface area contributed by atoms with Crippen LogP contribution in [-0.4, -0.2) is 21.3 Å². The molecule has 0 aliphatic carbocycles. The van der Waals surface area contributed by atoms with Crippen molar-refractivity contribution in [1.29, 1.82) is 0 Å². The molecule has 0 saturated heterocycles. The van der Waals surface area contributed by atoms with Crippen LogP contribution >= 0.6 is 0 Å². The second-order valence-corrected chi connectivity index (χ2v) is 3.64. The Balaban J connectivity index is 2.05. The molecule has 16 heavy (non-hydrogen) atoms. The number of hydrogen-bond acceptors (Lipinski definition) is 4. The van der Waals surface area contributed by atoms with Crippen LogP contribution < -0.4 is 5.32 Å². The summed E-state index contributed by atoms with van der Waals surface area (Å²) in [5.74, 6) is 1.47. The molecular formula is C11H16N4O. The Labute approximate surface area is 94.5 Å². The smallest absolute Gasteiger partial charge is 0.208 e. The quantitative estimate of drug-likeness (QED) is 0.777. The summed E-state index contributed by atoms with van der Waals surface area (Å²) >= 11 is 0. The fraction of sp³-hybridized carbons (Fsp3) is 0.455. The molecule has 0 unspecified atom stereocenters. The second kappa shape index (κ2) is 4.94. The first kappa shape index (κ1) is 10.9. The number of hydrogen-bond donors (Lipinski definition) is 1. The number of aromatic nitrogens is 3. The zero-order chi connectivity index (χ0) is 11.4. The molecule has 2 aromatic rings. The Hall–Kier alpha value is -1.62. The lowest BCUT2D eigenvalue weighted by molar-refractivity contribution is 0.474. The fourth-order valence-corrected chi connectivity index (χ4v) is 1.50. The Morgan fingerprint density at radius 3 is 3.06 bits per heavy atom. The summed E-state index contributed by atoms with van der Waals surface area (Å²) in [5, 5.41) is 7.34. The minimum absolute atomic E-state index is 0.672. The van der Waals surface area contributed by atoms with Gasteiger partial charge in [0.1, 0.15) is 5.69 Å². The van der Waals surface area contributed by atoms with Crippen molar-refractivity contribution in [3.8, 4) is 11.5 Å². The van der Waals surface area contributed by atoms with Crippen LogP contribution in [0.5, 0.6) is 0 Å². The zero-order valence-electron chi connectivity index (χ0n) is 9.60. The lowest BCUT2D eigenvalue weighted by Crippen LogP contribution is -2.13. The van der Waals surface area contributed by atoms with E-state index in [2.05, 4.69) is 22.3 Å². The molecule has 0 saturated carbocycles. The third kappa shape index (κ3) is 2.30. The maximum absolute atomic E-state index is 5.62. The van der Waals surface area contributed by atoms with Gasteiger partial charge < -0.3 is 9.73 Å². The summed E-state index contributed by atoms with van der Waals surface area (Å²) in [7, 11) is 1.88. The minimum Gasteiger partial charge on any atom is -0.438 e. The summed E-state index contributed by atoms with van der Waals surface area (Å²) in [4.78, 5) is 4.21. The molecule has 0 aliphatic rings. The molecule has 5 nitrogen and oxygen atoms in total. The van der Waals surface area contributed by atoms with Crippen molar-refractivity contribution < 1.29 is 4.42 Å². The molecule has 0 bridgehead atoms. The third-order valence-corrected chi connectivity index (χ3v) is 2.33. The number of oxazole rings is 1. The van der Waals surface area contributed by atoms with Crippen LogP contribution in [0.4, 0.5) is 0 Å². The summed E-state index contributed by atoms with van der Waals surface area (Å²) in [6.07, 6.45) is 4.59. The van der Waals surface area contributed by atoms with Crippen molar-refractivity contribution in [3.63, 3.8) is 0 Å². The first-order chi connectivity index (χ1) is 7.81. The van der Waals surface area contributed by atoms with Gasteiger partial charge in [0, 0.05) is 13.2 Å². The summed E-state index contributed by atoms with van der Waals surface area (Å²) in [5.41, 5.74) is 0.939. The van der Waals surface area contributed by atoms with E-state index in [0.29, 0.717) is 12.4 Å². The molecule has 0 aliphatic heterocycles. The molecule has 2 heterocycles. The highest BCUT2D eigenvalue weighted by molar-refractivity contribution is 5.50. The summed E-state index contributed by atoms with van der Waals surface area (Å²) in [6, 6.07) is 1.91. The van der Waals surface area contributed by atoms with Crippen molar-refractivity contribution in [3.05, 3.63) is 24.4 Å². The van der Waals surface area contributed by atoms with Gasteiger partial charge in [-0.3, -0.25) is 4.68 Å². The van der Waals surface area contributed by atoms with Crippen LogP contribution in [0.25, 0.3) is 11.5 Å². The van der Waals surface area contributed by atoms with Crippen molar-refractivity contribution >= 4 is 0 Å². The molecule has 1 N–H and O–H groups in total. The summed E-state index contributed by atoms with van der Waals surface area (Å²) in [6.45, 7) is 3.78. The minimum atomic E-state index is 0.672. The monoisotopic (exact) mass is 220 g/mol. The Morgan fingerprint density at radius 1 is 1.50 bits per heavy atom. The maximum Gasteiger partial charge on any atom is 0.208 e. The van der Waals surface area contributed by atoms with Crippen molar-refractivity contribution in [2.24, 2.45) is 7.05 Å². The standard InChI is InChI=1S/C11H16N4O/c1-3-5-12-8-11-13-7-10(16-11)9-4-6-14-15(9)2/h4,6-7,12H,3,5,8H2,1-2H3. The predicted molar refractivity (Wildman–Crippen MR) is 60.7 cm³/mol. The highest BCUT2D eigenvalue weighted by Crippen LogP contribution is 2.18. The summed E-state index contributed by atoms with van der Waals surface area (Å²) < 4.78 is 7.39. The number of nitrogens with zero attached hydrogens (tertiary/aromatic N) is 3. The molecule has 2 rings (SSSR count). The third-order valence-electron chi connectivity index (χ3n) is 2.33. The van der Waals surface area contributed by atoms with Crippen LogP contribution in [0.2, 0.25) is 0 Å². The molecule has 0 spiro atoms. The van der Waals surface area contributed by atoms with E-state index in [9.17, 15) is 0 Å². The van der Waals surface area contributed by atoms with Crippen LogP contribution in [-0.2, 0) is 13.6 Å². The van der Waals surface area contributed by atoms with E-state index >= 15 is 0 Å². The molecule has 5 heteroatoms. The predicted octanol–water partition coefficient (Wildman–Crippen LogP) is 1.57. The van der Waals surface area contributed by atoms with E-state index in [0.717, 1.165) is 24.4 Å². The van der Waals surface area contributed by atoms with Crippen LogP contribution in [0.1, 0.15) is 19.2 Å². The lowest BCUT2D eigenvalue weighted by atomic mass is 10.3. The van der Waals surface area contributed by atoms with Crippen LogP contribution in [0.3, 0.4) is 0 Å². The van der Waals surface area contributed by atoms with Gasteiger partial charge in [-0.1, -0.05) is 6.92 Å². The van der Waals surface area contributed by atoms with Crippen molar-refractivity contribution in [2.75, 3.05) is 6.54 Å². The largest absolute Gasteiger partial charge is 0.438 e. The van der Waals surface area contributed by atoms with Gasteiger partial charge in [0.05, 0.1) is 12.7 Å². The van der Waals surface area contributed by atoms with Gasteiger partial charge in [0.15, 0.2) is 5.76 Å². The van der Waals surface area contributed by atoms with Gasteiger partial charge in [-0.05, 0) is 19.0 Å². The highest BCUT2D eigenvalue weighted by atomic mass is 16.4. The van der Waals surface area contributed by atoms with E-state index in [1.54, 1.807) is 17.1 Å². The first-order valence-electron chi connectivity index (χ1n) is 5.45. The topological polar surface area (TPSA) is 55.9 Å². The average molecular weight is 220 g/mol. The Morgan fingerprint density at radius 2 is 2.38 bits per heavy atom. The van der Waals surface area contributed by atoms with Gasteiger partial charge >= 0.3 is 0 Å². The Bertz CT molecular complexity index is 446. The van der Waals surface area contributed by atoms with Crippen molar-refractivity contribution in [1.82, 2.24) is 20.1 Å². The van der Waals surface area contributed by atoms with E-state index in [4.69, 9.17) is 4.42 Å². The Kier molecular flexibility index (Phi) is 3.36. The highest BCUT2D eigenvalue weighted by Gasteiger charge is 2.08. The van der Waals surface area contributed by atoms with Gasteiger partial charge in [-0.25, -0.2) is 4.98 Å². The first-order valence-corrected chi connectivity index (χ1v) is 5.45. The molecule has 86 valence electrons. The van der Waals surface area contributed by atoms with E-state index in [-0.39, 0.29) is 0 Å². The van der Waals surface area contributed by atoms with Gasteiger partial charge in [-0.2, -0.15) is 5.10 Å². The maximum atomic E-state index is 5.62. The van der Waals surface area contributed by atoms with E-state index in [1.165, 1.54) is 0 Å². The average Bonchev–Trinajstić information content (AvgIpc) is 2.87. The molecule has 0 amide bonds. The molecule has 0 atom stereocenters.